The summed E-state index contributed by atoms with van der Waals surface area (Å²) in [6.45, 7) is 3.82. The van der Waals surface area contributed by atoms with Crippen molar-refractivity contribution in [2.75, 3.05) is 4.90 Å². The molecule has 1 saturated heterocycles. The van der Waals surface area contributed by atoms with E-state index in [1.165, 1.54) is 4.90 Å². The van der Waals surface area contributed by atoms with Crippen LogP contribution >= 0.6 is 0 Å². The first-order chi connectivity index (χ1) is 13.9. The molecule has 5 rings (SSSR count). The number of carbonyl (C=O) groups is 3. The maximum absolute atomic E-state index is 12.9. The number of fused-ring (bicyclic) bond motifs is 5. The van der Waals surface area contributed by atoms with Gasteiger partial charge in [0.15, 0.2) is 0 Å². The smallest absolute Gasteiger partial charge is 0.343 e. The average molecular weight is 387 g/mol. The molecule has 2 aliphatic carbocycles. The van der Waals surface area contributed by atoms with Crippen LogP contribution in [0.25, 0.3) is 0 Å². The standard InChI is InChI=1S/C24H21NO4/c1-13-3-4-14(2)19(11-13)29-24(28)15-7-9-18(10-8-15)25-22(26)20-16-5-6-17(12-16)21(20)23(25)27/h3-11,16-17,20-21H,12H2,1-2H3/t16-,17-,20+,21+/m0/s1. The van der Waals surface area contributed by atoms with Gasteiger partial charge in [0.1, 0.15) is 5.75 Å². The molecule has 1 saturated carbocycles. The summed E-state index contributed by atoms with van der Waals surface area (Å²) in [6, 6.07) is 12.2. The van der Waals surface area contributed by atoms with E-state index >= 15 is 0 Å². The second kappa shape index (κ2) is 6.41. The number of rotatable bonds is 3. The highest BCUT2D eigenvalue weighted by Gasteiger charge is 2.59. The fourth-order valence-corrected chi connectivity index (χ4v) is 4.88. The van der Waals surface area contributed by atoms with Gasteiger partial charge in [-0.25, -0.2) is 4.79 Å². The van der Waals surface area contributed by atoms with Gasteiger partial charge >= 0.3 is 5.97 Å². The van der Waals surface area contributed by atoms with Gasteiger partial charge in [-0.3, -0.25) is 14.5 Å². The zero-order valence-electron chi connectivity index (χ0n) is 16.3. The normalized spacial score (nSPS) is 26.9. The number of imide groups is 1. The Labute approximate surface area is 169 Å². The molecule has 2 aromatic rings. The van der Waals surface area contributed by atoms with Crippen LogP contribution in [-0.2, 0) is 9.59 Å². The van der Waals surface area contributed by atoms with Gasteiger partial charge in [0, 0.05) is 0 Å². The first-order valence-corrected chi connectivity index (χ1v) is 9.89. The summed E-state index contributed by atoms with van der Waals surface area (Å²) in [5, 5.41) is 0. The van der Waals surface area contributed by atoms with Crippen LogP contribution in [0.15, 0.2) is 54.6 Å². The van der Waals surface area contributed by atoms with Crippen molar-refractivity contribution in [3.05, 3.63) is 71.3 Å². The number of hydrogen-bond acceptors (Lipinski definition) is 4. The lowest BCUT2D eigenvalue weighted by Gasteiger charge is -2.17. The van der Waals surface area contributed by atoms with Gasteiger partial charge in [-0.1, -0.05) is 24.3 Å². The minimum atomic E-state index is -0.469. The van der Waals surface area contributed by atoms with Crippen LogP contribution in [0, 0.1) is 37.5 Å². The summed E-state index contributed by atoms with van der Waals surface area (Å²) in [5.41, 5.74) is 2.77. The molecule has 2 amide bonds. The molecule has 0 N–H and O–H groups in total. The molecule has 5 heteroatoms. The second-order valence-corrected chi connectivity index (χ2v) is 8.22. The number of hydrogen-bond donors (Lipinski definition) is 0. The highest BCUT2D eigenvalue weighted by molar-refractivity contribution is 6.22. The Balaban J connectivity index is 1.36. The van der Waals surface area contributed by atoms with Crippen LogP contribution in [-0.4, -0.2) is 17.8 Å². The molecule has 2 aromatic carbocycles. The number of benzene rings is 2. The Morgan fingerprint density at radius 3 is 2.17 bits per heavy atom. The fourth-order valence-electron chi connectivity index (χ4n) is 4.88. The first kappa shape index (κ1) is 17.9. The van der Waals surface area contributed by atoms with E-state index in [0.29, 0.717) is 17.0 Å². The van der Waals surface area contributed by atoms with E-state index < -0.39 is 5.97 Å². The van der Waals surface area contributed by atoms with E-state index in [0.717, 1.165) is 17.5 Å². The van der Waals surface area contributed by atoms with Crippen molar-refractivity contribution >= 4 is 23.5 Å². The Hall–Kier alpha value is -3.21. The molecule has 0 radical (unpaired) electrons. The molecule has 29 heavy (non-hydrogen) atoms. The van der Waals surface area contributed by atoms with E-state index in [-0.39, 0.29) is 35.5 Å². The van der Waals surface area contributed by atoms with Crippen molar-refractivity contribution in [2.45, 2.75) is 20.3 Å². The maximum atomic E-state index is 12.9. The van der Waals surface area contributed by atoms with Crippen molar-refractivity contribution in [1.82, 2.24) is 0 Å². The lowest BCUT2D eigenvalue weighted by atomic mass is 9.85. The Bertz CT molecular complexity index is 1040. The quantitative estimate of drug-likeness (QED) is 0.347. The van der Waals surface area contributed by atoms with Crippen LogP contribution in [0.3, 0.4) is 0 Å². The highest BCUT2D eigenvalue weighted by atomic mass is 16.5. The van der Waals surface area contributed by atoms with Gasteiger partial charge in [0.05, 0.1) is 23.1 Å². The molecule has 5 nitrogen and oxygen atoms in total. The van der Waals surface area contributed by atoms with E-state index in [4.69, 9.17) is 4.74 Å². The number of nitrogens with zero attached hydrogens (tertiary/aromatic N) is 1. The van der Waals surface area contributed by atoms with Crippen molar-refractivity contribution in [3.63, 3.8) is 0 Å². The van der Waals surface area contributed by atoms with Crippen molar-refractivity contribution < 1.29 is 19.1 Å². The van der Waals surface area contributed by atoms with Crippen LogP contribution in [0.5, 0.6) is 5.75 Å². The molecule has 0 aromatic heterocycles. The molecule has 4 atom stereocenters. The highest BCUT2D eigenvalue weighted by Crippen LogP contribution is 2.53. The van der Waals surface area contributed by atoms with Crippen LogP contribution < -0.4 is 9.64 Å². The lowest BCUT2D eigenvalue weighted by molar-refractivity contribution is -0.123. The molecule has 2 fully saturated rings. The number of amides is 2. The number of aryl methyl sites for hydroxylation is 2. The zero-order chi connectivity index (χ0) is 20.3. The molecule has 0 unspecified atom stereocenters. The molecule has 3 aliphatic rings. The molecule has 0 spiro atoms. The van der Waals surface area contributed by atoms with E-state index in [1.807, 2.05) is 32.0 Å². The molecule has 1 aliphatic heterocycles. The van der Waals surface area contributed by atoms with E-state index in [9.17, 15) is 14.4 Å². The van der Waals surface area contributed by atoms with Crippen LogP contribution in [0.4, 0.5) is 5.69 Å². The monoisotopic (exact) mass is 387 g/mol. The van der Waals surface area contributed by atoms with Crippen molar-refractivity contribution in [2.24, 2.45) is 23.7 Å². The summed E-state index contributed by atoms with van der Waals surface area (Å²) in [7, 11) is 0. The minimum absolute atomic E-state index is 0.123. The average Bonchev–Trinajstić information content (AvgIpc) is 3.39. The molecular weight excluding hydrogens is 366 g/mol. The minimum Gasteiger partial charge on any atom is -0.423 e. The maximum Gasteiger partial charge on any atom is 0.343 e. The van der Waals surface area contributed by atoms with E-state index in [2.05, 4.69) is 12.2 Å². The van der Waals surface area contributed by atoms with Crippen LogP contribution in [0.2, 0.25) is 0 Å². The molecule has 2 bridgehead atoms. The third kappa shape index (κ3) is 2.72. The largest absolute Gasteiger partial charge is 0.423 e. The summed E-state index contributed by atoms with van der Waals surface area (Å²) < 4.78 is 5.52. The van der Waals surface area contributed by atoms with Gasteiger partial charge in [0.2, 0.25) is 11.8 Å². The van der Waals surface area contributed by atoms with Gasteiger partial charge in [-0.15, -0.1) is 0 Å². The summed E-state index contributed by atoms with van der Waals surface area (Å²) in [4.78, 5) is 39.6. The van der Waals surface area contributed by atoms with Gasteiger partial charge in [0.25, 0.3) is 0 Å². The number of allylic oxidation sites excluding steroid dienone is 2. The predicted octanol–water partition coefficient (Wildman–Crippen LogP) is 3.83. The summed E-state index contributed by atoms with van der Waals surface area (Å²) in [6.07, 6.45) is 5.06. The first-order valence-electron chi connectivity index (χ1n) is 9.89. The molecule has 146 valence electrons. The number of esters is 1. The molecular formula is C24H21NO4. The molecule has 1 heterocycles. The number of ether oxygens (including phenoxy) is 1. The number of anilines is 1. The van der Waals surface area contributed by atoms with Crippen molar-refractivity contribution in [1.29, 1.82) is 0 Å². The third-order valence-corrected chi connectivity index (χ3v) is 6.38. The Kier molecular flexibility index (Phi) is 3.95. The lowest BCUT2D eigenvalue weighted by Crippen LogP contribution is -2.32. The predicted molar refractivity (Wildman–Crippen MR) is 108 cm³/mol. The summed E-state index contributed by atoms with van der Waals surface area (Å²) in [5.74, 6) is -0.289. The topological polar surface area (TPSA) is 63.7 Å². The Morgan fingerprint density at radius 2 is 1.55 bits per heavy atom. The van der Waals surface area contributed by atoms with Gasteiger partial charge in [-0.05, 0) is 73.6 Å². The third-order valence-electron chi connectivity index (χ3n) is 6.38. The summed E-state index contributed by atoms with van der Waals surface area (Å²) >= 11 is 0. The SMILES string of the molecule is Cc1ccc(C)c(OC(=O)c2ccc(N3C(=O)[C@H]4[C@H](C3=O)[C@H]3C=C[C@H]4C3)cc2)c1. The van der Waals surface area contributed by atoms with Crippen LogP contribution in [0.1, 0.15) is 27.9 Å². The fraction of sp³-hybridized carbons (Fsp3) is 0.292. The number of carbonyl (C=O) groups excluding carboxylic acids is 3. The zero-order valence-corrected chi connectivity index (χ0v) is 16.3. The van der Waals surface area contributed by atoms with Gasteiger partial charge in [-0.2, -0.15) is 0 Å². The second-order valence-electron chi connectivity index (χ2n) is 8.22. The van der Waals surface area contributed by atoms with Gasteiger partial charge < -0.3 is 4.74 Å². The Morgan fingerprint density at radius 1 is 0.931 bits per heavy atom. The van der Waals surface area contributed by atoms with E-state index in [1.54, 1.807) is 24.3 Å². The van der Waals surface area contributed by atoms with Crippen molar-refractivity contribution in [3.8, 4) is 5.75 Å².